The first-order chi connectivity index (χ1) is 15.6. The number of halogens is 2. The Labute approximate surface area is 189 Å². The van der Waals surface area contributed by atoms with E-state index in [1.807, 2.05) is 4.90 Å². The van der Waals surface area contributed by atoms with Crippen molar-refractivity contribution in [2.45, 2.75) is 51.5 Å². The van der Waals surface area contributed by atoms with Crippen LogP contribution in [-0.4, -0.2) is 47.9 Å². The van der Waals surface area contributed by atoms with E-state index >= 15 is 0 Å². The Bertz CT molecular complexity index is 889. The van der Waals surface area contributed by atoms with Crippen LogP contribution >= 0.6 is 0 Å². The van der Waals surface area contributed by atoms with Gasteiger partial charge in [-0.3, -0.25) is 9.69 Å². The lowest BCUT2D eigenvalue weighted by Gasteiger charge is -2.38. The highest BCUT2D eigenvalue weighted by Gasteiger charge is 2.31. The lowest BCUT2D eigenvalue weighted by atomic mass is 9.88. The SMILES string of the molecule is CCC(C(=O)N1CCCCC1)N1CCC(=C(c2ccc(F)cc2)c2ccc(F)cc2)CC1. The Morgan fingerprint density at radius 1 is 0.812 bits per heavy atom. The van der Waals surface area contributed by atoms with Gasteiger partial charge in [0.05, 0.1) is 6.04 Å². The largest absolute Gasteiger partial charge is 0.341 e. The number of hydrogen-bond donors (Lipinski definition) is 0. The summed E-state index contributed by atoms with van der Waals surface area (Å²) in [7, 11) is 0. The molecular weight excluding hydrogens is 406 g/mol. The van der Waals surface area contributed by atoms with Crippen LogP contribution in [0.3, 0.4) is 0 Å². The molecule has 170 valence electrons. The summed E-state index contributed by atoms with van der Waals surface area (Å²) < 4.78 is 27.1. The molecule has 0 bridgehead atoms. The van der Waals surface area contributed by atoms with Crippen molar-refractivity contribution in [2.24, 2.45) is 0 Å². The molecule has 3 nitrogen and oxygen atoms in total. The maximum absolute atomic E-state index is 13.5. The Balaban J connectivity index is 1.56. The molecule has 0 saturated carbocycles. The minimum Gasteiger partial charge on any atom is -0.341 e. The second-order valence-electron chi connectivity index (χ2n) is 8.84. The lowest BCUT2D eigenvalue weighted by molar-refractivity contribution is -0.138. The maximum atomic E-state index is 13.5. The maximum Gasteiger partial charge on any atom is 0.239 e. The Kier molecular flexibility index (Phi) is 7.36. The average Bonchev–Trinajstić information content (AvgIpc) is 2.83. The van der Waals surface area contributed by atoms with Gasteiger partial charge in [-0.05, 0) is 79.5 Å². The Morgan fingerprint density at radius 2 is 1.31 bits per heavy atom. The molecule has 0 radical (unpaired) electrons. The van der Waals surface area contributed by atoms with Gasteiger partial charge in [0.25, 0.3) is 0 Å². The molecule has 2 heterocycles. The topological polar surface area (TPSA) is 23.6 Å². The monoisotopic (exact) mass is 438 g/mol. The molecule has 2 aromatic carbocycles. The van der Waals surface area contributed by atoms with Gasteiger partial charge in [-0.1, -0.05) is 36.8 Å². The number of hydrogen-bond acceptors (Lipinski definition) is 2. The van der Waals surface area contributed by atoms with Crippen LogP contribution in [0.2, 0.25) is 0 Å². The van der Waals surface area contributed by atoms with Crippen molar-refractivity contribution < 1.29 is 13.6 Å². The molecule has 1 unspecified atom stereocenters. The first-order valence-corrected chi connectivity index (χ1v) is 11.8. The number of carbonyl (C=O) groups is 1. The van der Waals surface area contributed by atoms with Crippen molar-refractivity contribution >= 4 is 11.5 Å². The van der Waals surface area contributed by atoms with E-state index in [0.29, 0.717) is 0 Å². The molecule has 4 rings (SSSR count). The van der Waals surface area contributed by atoms with Gasteiger partial charge in [-0.15, -0.1) is 0 Å². The van der Waals surface area contributed by atoms with Gasteiger partial charge < -0.3 is 4.90 Å². The van der Waals surface area contributed by atoms with Crippen LogP contribution < -0.4 is 0 Å². The van der Waals surface area contributed by atoms with Gasteiger partial charge in [0.15, 0.2) is 0 Å². The van der Waals surface area contributed by atoms with Crippen molar-refractivity contribution in [1.82, 2.24) is 9.80 Å². The van der Waals surface area contributed by atoms with E-state index in [0.717, 1.165) is 75.0 Å². The highest BCUT2D eigenvalue weighted by Crippen LogP contribution is 2.33. The summed E-state index contributed by atoms with van der Waals surface area (Å²) in [5.41, 5.74) is 4.22. The van der Waals surface area contributed by atoms with Crippen molar-refractivity contribution in [3.63, 3.8) is 0 Å². The fourth-order valence-corrected chi connectivity index (χ4v) is 5.08. The van der Waals surface area contributed by atoms with Crippen LogP contribution in [0.15, 0.2) is 54.1 Å². The van der Waals surface area contributed by atoms with E-state index in [1.54, 1.807) is 24.3 Å². The van der Waals surface area contributed by atoms with Gasteiger partial charge in [0.2, 0.25) is 5.91 Å². The molecule has 32 heavy (non-hydrogen) atoms. The fourth-order valence-electron chi connectivity index (χ4n) is 5.08. The number of likely N-dealkylation sites (tertiary alicyclic amines) is 2. The third-order valence-corrected chi connectivity index (χ3v) is 6.80. The van der Waals surface area contributed by atoms with Crippen LogP contribution in [0.25, 0.3) is 5.57 Å². The zero-order valence-electron chi connectivity index (χ0n) is 18.8. The van der Waals surface area contributed by atoms with Crippen LogP contribution in [0.5, 0.6) is 0 Å². The second kappa shape index (κ2) is 10.4. The third-order valence-electron chi connectivity index (χ3n) is 6.80. The molecule has 2 aliphatic rings. The van der Waals surface area contributed by atoms with E-state index in [9.17, 15) is 13.6 Å². The molecule has 2 aromatic rings. The van der Waals surface area contributed by atoms with Gasteiger partial charge in [0, 0.05) is 26.2 Å². The summed E-state index contributed by atoms with van der Waals surface area (Å²) in [6.07, 6.45) is 5.93. The predicted octanol–water partition coefficient (Wildman–Crippen LogP) is 5.65. The molecule has 0 aromatic heterocycles. The number of rotatable bonds is 5. The highest BCUT2D eigenvalue weighted by molar-refractivity contribution is 5.83. The van der Waals surface area contributed by atoms with E-state index in [2.05, 4.69) is 11.8 Å². The van der Waals surface area contributed by atoms with Crippen LogP contribution in [-0.2, 0) is 4.79 Å². The van der Waals surface area contributed by atoms with Crippen molar-refractivity contribution in [2.75, 3.05) is 26.2 Å². The third kappa shape index (κ3) is 5.09. The summed E-state index contributed by atoms with van der Waals surface area (Å²) in [5.74, 6) is -0.264. The normalized spacial score (nSPS) is 18.5. The quantitative estimate of drug-likeness (QED) is 0.602. The molecule has 0 aliphatic carbocycles. The fraction of sp³-hybridized carbons (Fsp3) is 0.444. The average molecular weight is 439 g/mol. The smallest absolute Gasteiger partial charge is 0.239 e. The second-order valence-corrected chi connectivity index (χ2v) is 8.84. The molecule has 2 aliphatic heterocycles. The molecule has 0 N–H and O–H groups in total. The van der Waals surface area contributed by atoms with Gasteiger partial charge in [0.1, 0.15) is 11.6 Å². The summed E-state index contributed by atoms with van der Waals surface area (Å²) in [4.78, 5) is 17.5. The standard InChI is InChI=1S/C27H32F2N2O/c1-2-25(27(32)31-16-4-3-5-17-31)30-18-14-22(15-19-30)26(20-6-10-23(28)11-7-20)21-8-12-24(29)13-9-21/h6-13,25H,2-5,14-19H2,1H3. The molecule has 2 saturated heterocycles. The van der Waals surface area contributed by atoms with E-state index < -0.39 is 0 Å². The van der Waals surface area contributed by atoms with Gasteiger partial charge in [-0.2, -0.15) is 0 Å². The molecule has 1 atom stereocenters. The summed E-state index contributed by atoms with van der Waals surface area (Å²) in [5, 5.41) is 0. The lowest BCUT2D eigenvalue weighted by Crippen LogP contribution is -2.51. The summed E-state index contributed by atoms with van der Waals surface area (Å²) in [6, 6.07) is 13.0. The van der Waals surface area contributed by atoms with Crippen LogP contribution in [0.1, 0.15) is 56.6 Å². The molecule has 1 amide bonds. The molecular formula is C27H32F2N2O. The van der Waals surface area contributed by atoms with Gasteiger partial charge >= 0.3 is 0 Å². The summed E-state index contributed by atoms with van der Waals surface area (Å²) in [6.45, 7) is 5.50. The molecule has 0 spiro atoms. The highest BCUT2D eigenvalue weighted by atomic mass is 19.1. The number of piperidine rings is 2. The van der Waals surface area contributed by atoms with Crippen molar-refractivity contribution in [3.05, 3.63) is 76.9 Å². The molecule has 2 fully saturated rings. The zero-order valence-corrected chi connectivity index (χ0v) is 18.8. The van der Waals surface area contributed by atoms with Crippen molar-refractivity contribution in [3.8, 4) is 0 Å². The van der Waals surface area contributed by atoms with Crippen LogP contribution in [0, 0.1) is 11.6 Å². The van der Waals surface area contributed by atoms with Crippen molar-refractivity contribution in [1.29, 1.82) is 0 Å². The first kappa shape index (κ1) is 22.7. The van der Waals surface area contributed by atoms with Gasteiger partial charge in [-0.25, -0.2) is 8.78 Å². The minimum absolute atomic E-state index is 0.0604. The number of carbonyl (C=O) groups excluding carboxylic acids is 1. The van der Waals surface area contributed by atoms with E-state index in [4.69, 9.17) is 0 Å². The summed E-state index contributed by atoms with van der Waals surface area (Å²) >= 11 is 0. The predicted molar refractivity (Wildman–Crippen MR) is 124 cm³/mol. The first-order valence-electron chi connectivity index (χ1n) is 11.8. The minimum atomic E-state index is -0.269. The number of benzene rings is 2. The zero-order chi connectivity index (χ0) is 22.5. The van der Waals surface area contributed by atoms with E-state index in [1.165, 1.54) is 36.3 Å². The van der Waals surface area contributed by atoms with E-state index in [-0.39, 0.29) is 23.6 Å². The Hall–Kier alpha value is -2.53. The van der Waals surface area contributed by atoms with Crippen LogP contribution in [0.4, 0.5) is 8.78 Å². The molecule has 5 heteroatoms. The Morgan fingerprint density at radius 3 is 1.78 bits per heavy atom. The number of amides is 1. The number of nitrogens with zero attached hydrogens (tertiary/aromatic N) is 2.